The molecule has 1 amide bonds. The monoisotopic (exact) mass is 426 g/mol. The fourth-order valence-electron chi connectivity index (χ4n) is 2.27. The molecule has 0 spiro atoms. The highest BCUT2D eigenvalue weighted by Gasteiger charge is 2.15. The molecule has 0 aromatic heterocycles. The highest BCUT2D eigenvalue weighted by molar-refractivity contribution is 7.99. The van der Waals surface area contributed by atoms with Crippen molar-refractivity contribution in [1.29, 1.82) is 0 Å². The minimum absolute atomic E-state index is 0.0948. The molecule has 146 valence electrons. The van der Waals surface area contributed by atoms with Crippen LogP contribution in [0.15, 0.2) is 58.3 Å². The van der Waals surface area contributed by atoms with Gasteiger partial charge in [0.1, 0.15) is 0 Å². The molecule has 0 aliphatic rings. The molecule has 0 unspecified atom stereocenters. The number of rotatable bonds is 9. The van der Waals surface area contributed by atoms with Gasteiger partial charge in [-0.05, 0) is 74.6 Å². The number of amides is 1. The summed E-state index contributed by atoms with van der Waals surface area (Å²) in [5, 5.41) is 3.49. The summed E-state index contributed by atoms with van der Waals surface area (Å²) < 4.78 is 26.7. The Morgan fingerprint density at radius 3 is 2.30 bits per heavy atom. The van der Waals surface area contributed by atoms with E-state index in [4.69, 9.17) is 11.6 Å². The number of benzene rings is 2. The van der Waals surface area contributed by atoms with Gasteiger partial charge in [-0.3, -0.25) is 4.79 Å². The quantitative estimate of drug-likeness (QED) is 0.456. The summed E-state index contributed by atoms with van der Waals surface area (Å²) in [6, 6.07) is 13.6. The third-order valence-corrected chi connectivity index (χ3v) is 6.49. The van der Waals surface area contributed by atoms with E-state index in [1.165, 1.54) is 12.1 Å². The highest BCUT2D eigenvalue weighted by atomic mass is 35.5. The van der Waals surface area contributed by atoms with Crippen molar-refractivity contribution in [1.82, 2.24) is 4.72 Å². The van der Waals surface area contributed by atoms with E-state index in [0.29, 0.717) is 17.1 Å². The largest absolute Gasteiger partial charge is 0.326 e. The fourth-order valence-corrected chi connectivity index (χ4v) is 4.50. The number of hydrogen-bond donors (Lipinski definition) is 2. The Hall–Kier alpha value is -1.54. The highest BCUT2D eigenvalue weighted by Crippen LogP contribution is 2.21. The van der Waals surface area contributed by atoms with Crippen LogP contribution in [0, 0.1) is 0 Å². The first-order chi connectivity index (χ1) is 12.8. The van der Waals surface area contributed by atoms with E-state index in [1.54, 1.807) is 37.7 Å². The van der Waals surface area contributed by atoms with E-state index in [2.05, 4.69) is 10.0 Å². The molecule has 0 atom stereocenters. The molecular formula is C19H23ClN2O3S2. The Labute approximate surface area is 169 Å². The lowest BCUT2D eigenvalue weighted by atomic mass is 10.3. The molecule has 2 aromatic rings. The van der Waals surface area contributed by atoms with Crippen molar-refractivity contribution in [3.63, 3.8) is 0 Å². The van der Waals surface area contributed by atoms with Crippen LogP contribution in [0.25, 0.3) is 0 Å². The van der Waals surface area contributed by atoms with E-state index < -0.39 is 10.0 Å². The van der Waals surface area contributed by atoms with Crippen molar-refractivity contribution < 1.29 is 13.2 Å². The van der Waals surface area contributed by atoms with Gasteiger partial charge in [0.25, 0.3) is 0 Å². The summed E-state index contributed by atoms with van der Waals surface area (Å²) in [5.74, 6) is 0.732. The molecule has 2 rings (SSSR count). The summed E-state index contributed by atoms with van der Waals surface area (Å²) in [6.07, 6.45) is 1.14. The Morgan fingerprint density at radius 1 is 1.07 bits per heavy atom. The molecule has 0 heterocycles. The van der Waals surface area contributed by atoms with Gasteiger partial charge in [-0.25, -0.2) is 13.1 Å². The van der Waals surface area contributed by atoms with Crippen LogP contribution in [0.2, 0.25) is 5.02 Å². The topological polar surface area (TPSA) is 75.3 Å². The van der Waals surface area contributed by atoms with Gasteiger partial charge in [0.05, 0.1) is 4.90 Å². The molecule has 0 bridgehead atoms. The maximum absolute atomic E-state index is 12.1. The zero-order valence-electron chi connectivity index (χ0n) is 15.2. The second kappa shape index (κ2) is 10.1. The van der Waals surface area contributed by atoms with Gasteiger partial charge in [-0.15, -0.1) is 11.8 Å². The van der Waals surface area contributed by atoms with Gasteiger partial charge < -0.3 is 5.32 Å². The van der Waals surface area contributed by atoms with E-state index >= 15 is 0 Å². The first kappa shape index (κ1) is 21.8. The maximum atomic E-state index is 12.1. The zero-order chi connectivity index (χ0) is 19.9. The van der Waals surface area contributed by atoms with Crippen molar-refractivity contribution >= 4 is 45.0 Å². The Balaban J connectivity index is 1.77. The van der Waals surface area contributed by atoms with Gasteiger partial charge in [0.15, 0.2) is 0 Å². The van der Waals surface area contributed by atoms with Crippen LogP contribution >= 0.6 is 23.4 Å². The van der Waals surface area contributed by atoms with E-state index in [9.17, 15) is 13.2 Å². The summed E-state index contributed by atoms with van der Waals surface area (Å²) >= 11 is 7.52. The molecular weight excluding hydrogens is 404 g/mol. The molecule has 0 aliphatic heterocycles. The van der Waals surface area contributed by atoms with Gasteiger partial charge in [-0.2, -0.15) is 0 Å². The Morgan fingerprint density at radius 2 is 1.70 bits per heavy atom. The fraction of sp³-hybridized carbons (Fsp3) is 0.316. The predicted molar refractivity (Wildman–Crippen MR) is 112 cm³/mol. The van der Waals surface area contributed by atoms with Crippen LogP contribution in [-0.4, -0.2) is 26.1 Å². The number of carbonyl (C=O) groups excluding carboxylic acids is 1. The lowest BCUT2D eigenvalue weighted by Crippen LogP contribution is -2.30. The molecule has 2 aromatic carbocycles. The first-order valence-corrected chi connectivity index (χ1v) is 11.4. The predicted octanol–water partition coefficient (Wildman–Crippen LogP) is 4.54. The zero-order valence-corrected chi connectivity index (χ0v) is 17.6. The van der Waals surface area contributed by atoms with Crippen molar-refractivity contribution in [2.75, 3.05) is 11.1 Å². The summed E-state index contributed by atoms with van der Waals surface area (Å²) in [4.78, 5) is 13.3. The molecule has 27 heavy (non-hydrogen) atoms. The van der Waals surface area contributed by atoms with Crippen LogP contribution in [-0.2, 0) is 14.8 Å². The third kappa shape index (κ3) is 7.54. The third-order valence-electron chi connectivity index (χ3n) is 3.47. The number of sulfonamides is 1. The number of halogens is 1. The lowest BCUT2D eigenvalue weighted by molar-refractivity contribution is -0.116. The Bertz CT molecular complexity index is 852. The van der Waals surface area contributed by atoms with E-state index in [-0.39, 0.29) is 16.8 Å². The molecule has 0 aliphatic carbocycles. The normalized spacial score (nSPS) is 11.6. The number of thioether (sulfide) groups is 1. The SMILES string of the molecule is CC(C)NS(=O)(=O)c1ccc(NC(=O)CCCSc2ccc(Cl)cc2)cc1. The van der Waals surface area contributed by atoms with Crippen molar-refractivity contribution in [2.24, 2.45) is 0 Å². The van der Waals surface area contributed by atoms with Gasteiger partial charge in [-0.1, -0.05) is 11.6 Å². The lowest BCUT2D eigenvalue weighted by Gasteiger charge is -2.10. The summed E-state index contributed by atoms with van der Waals surface area (Å²) in [7, 11) is -3.53. The van der Waals surface area contributed by atoms with Gasteiger partial charge >= 0.3 is 0 Å². The second-order valence-corrected chi connectivity index (χ2v) is 9.57. The van der Waals surface area contributed by atoms with Crippen LogP contribution < -0.4 is 10.0 Å². The van der Waals surface area contributed by atoms with Crippen molar-refractivity contribution in [3.05, 3.63) is 53.6 Å². The van der Waals surface area contributed by atoms with Gasteiger partial charge in [0.2, 0.25) is 15.9 Å². The van der Waals surface area contributed by atoms with Crippen molar-refractivity contribution in [2.45, 2.75) is 42.5 Å². The standard InChI is InChI=1S/C19H23ClN2O3S2/c1-14(2)22-27(24,25)18-11-7-16(8-12-18)21-19(23)4-3-13-26-17-9-5-15(20)6-10-17/h5-12,14,22H,3-4,13H2,1-2H3,(H,21,23). The summed E-state index contributed by atoms with van der Waals surface area (Å²) in [6.45, 7) is 3.52. The molecule has 0 saturated carbocycles. The molecule has 2 N–H and O–H groups in total. The first-order valence-electron chi connectivity index (χ1n) is 8.57. The maximum Gasteiger partial charge on any atom is 0.240 e. The van der Waals surface area contributed by atoms with E-state index in [1.807, 2.05) is 24.3 Å². The number of anilines is 1. The second-order valence-electron chi connectivity index (χ2n) is 6.25. The van der Waals surface area contributed by atoms with Gasteiger partial charge in [0, 0.05) is 28.1 Å². The minimum atomic E-state index is -3.53. The van der Waals surface area contributed by atoms with Crippen molar-refractivity contribution in [3.8, 4) is 0 Å². The Kier molecular flexibility index (Phi) is 8.16. The molecule has 0 saturated heterocycles. The van der Waals surface area contributed by atoms with E-state index in [0.717, 1.165) is 17.1 Å². The number of carbonyl (C=O) groups is 1. The average molecular weight is 427 g/mol. The smallest absolute Gasteiger partial charge is 0.240 e. The minimum Gasteiger partial charge on any atom is -0.326 e. The molecule has 0 radical (unpaired) electrons. The average Bonchev–Trinajstić information content (AvgIpc) is 2.59. The molecule has 5 nitrogen and oxygen atoms in total. The van der Waals surface area contributed by atoms with Crippen LogP contribution in [0.5, 0.6) is 0 Å². The van der Waals surface area contributed by atoms with Crippen LogP contribution in [0.3, 0.4) is 0 Å². The molecule has 8 heteroatoms. The number of nitrogens with one attached hydrogen (secondary N) is 2. The van der Waals surface area contributed by atoms with Crippen LogP contribution in [0.1, 0.15) is 26.7 Å². The summed E-state index contributed by atoms with van der Waals surface area (Å²) in [5.41, 5.74) is 0.578. The molecule has 0 fully saturated rings. The number of hydrogen-bond acceptors (Lipinski definition) is 4. The van der Waals surface area contributed by atoms with Crippen LogP contribution in [0.4, 0.5) is 5.69 Å².